The van der Waals surface area contributed by atoms with Crippen LogP contribution in [0.4, 0.5) is 11.4 Å². The Kier molecular flexibility index (Phi) is 7.67. The van der Waals surface area contributed by atoms with E-state index in [1.54, 1.807) is 24.3 Å². The van der Waals surface area contributed by atoms with Gasteiger partial charge in [0.25, 0.3) is 11.8 Å². The topological polar surface area (TPSA) is 102 Å². The number of benzene rings is 3. The van der Waals surface area contributed by atoms with E-state index in [-0.39, 0.29) is 18.2 Å². The molecule has 3 N–H and O–H groups in total. The zero-order valence-electron chi connectivity index (χ0n) is 21.5. The largest absolute Gasteiger partial charge is 0.481 e. The molecule has 2 aliphatic heterocycles. The Morgan fingerprint density at radius 1 is 0.949 bits per heavy atom. The van der Waals surface area contributed by atoms with Gasteiger partial charge in [-0.05, 0) is 61.0 Å². The van der Waals surface area contributed by atoms with Crippen molar-refractivity contribution >= 4 is 52.0 Å². The van der Waals surface area contributed by atoms with Gasteiger partial charge in [-0.2, -0.15) is 0 Å². The van der Waals surface area contributed by atoms with Crippen LogP contribution in [0.2, 0.25) is 5.02 Å². The van der Waals surface area contributed by atoms with Gasteiger partial charge in [-0.25, -0.2) is 0 Å². The first-order valence-corrected chi connectivity index (χ1v) is 13.2. The number of carbonyl (C=O) groups excluding carboxylic acids is 2. The minimum absolute atomic E-state index is 0.00570. The van der Waals surface area contributed by atoms with Gasteiger partial charge in [0.05, 0.1) is 17.0 Å². The van der Waals surface area contributed by atoms with Crippen molar-refractivity contribution in [3.8, 4) is 0 Å². The standard InChI is InChI=1S/C30H29ClN4O4/c1-34-14-16-35(17-15-34)30(39)21-7-10-23(11-8-21)32-28(20-5-2-19(3-6-20)4-13-26(36)37)27-24-12-9-22(31)18-25(24)33-29(27)38/h2-3,5-12,18,32H,4,13-17H2,1H3,(H,33,38)(H,36,37). The number of fused-ring (bicyclic) bond motifs is 1. The molecule has 0 bridgehead atoms. The maximum absolute atomic E-state index is 13.2. The van der Waals surface area contributed by atoms with Crippen molar-refractivity contribution in [1.29, 1.82) is 0 Å². The summed E-state index contributed by atoms with van der Waals surface area (Å²) in [6.45, 7) is 3.11. The van der Waals surface area contributed by atoms with Crippen LogP contribution in [0.25, 0.3) is 11.3 Å². The zero-order chi connectivity index (χ0) is 27.5. The summed E-state index contributed by atoms with van der Waals surface area (Å²) in [5.41, 5.74) is 5.41. The Labute approximate surface area is 231 Å². The molecular weight excluding hydrogens is 516 g/mol. The van der Waals surface area contributed by atoms with Crippen molar-refractivity contribution < 1.29 is 19.5 Å². The molecule has 3 aromatic rings. The molecule has 9 heteroatoms. The lowest BCUT2D eigenvalue weighted by atomic mass is 9.98. The first kappa shape index (κ1) is 26.5. The molecule has 0 aliphatic carbocycles. The van der Waals surface area contributed by atoms with Gasteiger partial charge in [0.2, 0.25) is 0 Å². The van der Waals surface area contributed by atoms with Crippen LogP contribution in [0.5, 0.6) is 0 Å². The van der Waals surface area contributed by atoms with Gasteiger partial charge < -0.3 is 25.5 Å². The molecule has 0 saturated carbocycles. The number of amides is 2. The highest BCUT2D eigenvalue weighted by atomic mass is 35.5. The molecule has 0 unspecified atom stereocenters. The number of carboxylic acid groups (broad SMARTS) is 1. The summed E-state index contributed by atoms with van der Waals surface area (Å²) in [7, 11) is 2.05. The molecule has 0 atom stereocenters. The van der Waals surface area contributed by atoms with E-state index in [9.17, 15) is 14.4 Å². The molecule has 0 aromatic heterocycles. The molecule has 8 nitrogen and oxygen atoms in total. The van der Waals surface area contributed by atoms with Gasteiger partial charge in [0.15, 0.2) is 0 Å². The van der Waals surface area contributed by atoms with Crippen molar-refractivity contribution in [2.75, 3.05) is 43.9 Å². The molecule has 0 radical (unpaired) electrons. The summed E-state index contributed by atoms with van der Waals surface area (Å²) in [5.74, 6) is -1.10. The van der Waals surface area contributed by atoms with Crippen LogP contribution in [0.1, 0.15) is 33.5 Å². The fourth-order valence-corrected chi connectivity index (χ4v) is 4.97. The van der Waals surface area contributed by atoms with E-state index in [0.29, 0.717) is 47.1 Å². The number of hydrogen-bond donors (Lipinski definition) is 3. The first-order chi connectivity index (χ1) is 18.8. The highest BCUT2D eigenvalue weighted by molar-refractivity contribution is 6.38. The Balaban J connectivity index is 1.46. The van der Waals surface area contributed by atoms with Crippen LogP contribution < -0.4 is 10.6 Å². The summed E-state index contributed by atoms with van der Waals surface area (Å²) in [6.07, 6.45) is 0.459. The molecule has 3 aromatic carbocycles. The van der Waals surface area contributed by atoms with Crippen molar-refractivity contribution in [3.63, 3.8) is 0 Å². The smallest absolute Gasteiger partial charge is 0.303 e. The Morgan fingerprint density at radius 3 is 2.28 bits per heavy atom. The number of rotatable bonds is 7. The van der Waals surface area contributed by atoms with Crippen LogP contribution >= 0.6 is 11.6 Å². The van der Waals surface area contributed by atoms with Gasteiger partial charge in [0.1, 0.15) is 0 Å². The first-order valence-electron chi connectivity index (χ1n) is 12.8. The van der Waals surface area contributed by atoms with E-state index in [0.717, 1.165) is 35.5 Å². The number of aliphatic carboxylic acids is 1. The van der Waals surface area contributed by atoms with Crippen LogP contribution in [0, 0.1) is 0 Å². The lowest BCUT2D eigenvalue weighted by molar-refractivity contribution is -0.137. The molecule has 1 saturated heterocycles. The number of aryl methyl sites for hydroxylation is 1. The number of halogens is 1. The fraction of sp³-hybridized carbons (Fsp3) is 0.233. The van der Waals surface area contributed by atoms with Gasteiger partial charge >= 0.3 is 5.97 Å². The average molecular weight is 545 g/mol. The van der Waals surface area contributed by atoms with Crippen molar-refractivity contribution in [2.45, 2.75) is 12.8 Å². The lowest BCUT2D eigenvalue weighted by Crippen LogP contribution is -2.47. The van der Waals surface area contributed by atoms with E-state index in [1.165, 1.54) is 0 Å². The van der Waals surface area contributed by atoms with E-state index in [4.69, 9.17) is 16.7 Å². The minimum Gasteiger partial charge on any atom is -0.481 e. The summed E-state index contributed by atoms with van der Waals surface area (Å²) >= 11 is 6.16. The second-order valence-electron chi connectivity index (χ2n) is 9.78. The molecular formula is C30H29ClN4O4. The van der Waals surface area contributed by atoms with Crippen molar-refractivity contribution in [1.82, 2.24) is 9.80 Å². The number of hydrogen-bond acceptors (Lipinski definition) is 5. The van der Waals surface area contributed by atoms with E-state index < -0.39 is 5.97 Å². The third kappa shape index (κ3) is 5.97. The van der Waals surface area contributed by atoms with Gasteiger partial charge in [-0.1, -0.05) is 41.9 Å². The highest BCUT2D eigenvalue weighted by Crippen LogP contribution is 2.39. The van der Waals surface area contributed by atoms with Crippen LogP contribution in [0.3, 0.4) is 0 Å². The molecule has 0 spiro atoms. The summed E-state index contributed by atoms with van der Waals surface area (Å²) < 4.78 is 0. The molecule has 5 rings (SSSR count). The Bertz CT molecular complexity index is 1440. The normalized spacial score (nSPS) is 16.5. The quantitative estimate of drug-likeness (QED) is 0.373. The molecule has 1 fully saturated rings. The third-order valence-electron chi connectivity index (χ3n) is 7.04. The molecule has 2 amide bonds. The number of carboxylic acids is 1. The van der Waals surface area contributed by atoms with Crippen molar-refractivity contribution in [3.05, 3.63) is 94.0 Å². The van der Waals surface area contributed by atoms with Gasteiger partial charge in [-0.3, -0.25) is 14.4 Å². The maximum atomic E-state index is 13.2. The SMILES string of the molecule is CN1CCN(C(=O)c2ccc(NC(=C3C(=O)Nc4cc(Cl)ccc43)c3ccc(CCC(=O)O)cc3)cc2)CC1. The summed E-state index contributed by atoms with van der Waals surface area (Å²) in [4.78, 5) is 41.2. The van der Waals surface area contributed by atoms with Gasteiger partial charge in [0, 0.05) is 54.4 Å². The van der Waals surface area contributed by atoms with Crippen LogP contribution in [-0.4, -0.2) is 65.9 Å². The molecule has 2 heterocycles. The minimum atomic E-state index is -0.851. The number of likely N-dealkylation sites (N-methyl/N-ethyl adjacent to an activating group) is 1. The summed E-state index contributed by atoms with van der Waals surface area (Å²) in [6, 6.07) is 20.0. The second kappa shape index (κ2) is 11.3. The van der Waals surface area contributed by atoms with E-state index in [1.807, 2.05) is 47.4 Å². The fourth-order valence-electron chi connectivity index (χ4n) is 4.79. The van der Waals surface area contributed by atoms with Crippen LogP contribution in [0.15, 0.2) is 66.7 Å². The molecule has 39 heavy (non-hydrogen) atoms. The van der Waals surface area contributed by atoms with E-state index in [2.05, 4.69) is 22.6 Å². The Hall–Kier alpha value is -4.14. The van der Waals surface area contributed by atoms with Crippen molar-refractivity contribution in [2.24, 2.45) is 0 Å². The zero-order valence-corrected chi connectivity index (χ0v) is 22.3. The highest BCUT2D eigenvalue weighted by Gasteiger charge is 2.29. The molecule has 2 aliphatic rings. The van der Waals surface area contributed by atoms with Crippen LogP contribution in [-0.2, 0) is 16.0 Å². The number of piperazine rings is 1. The predicted octanol–water partition coefficient (Wildman–Crippen LogP) is 4.68. The van der Waals surface area contributed by atoms with Gasteiger partial charge in [-0.15, -0.1) is 0 Å². The number of nitrogens with one attached hydrogen (secondary N) is 2. The predicted molar refractivity (Wildman–Crippen MR) is 153 cm³/mol. The second-order valence-corrected chi connectivity index (χ2v) is 10.2. The molecule has 200 valence electrons. The third-order valence-corrected chi connectivity index (χ3v) is 7.27. The monoisotopic (exact) mass is 544 g/mol. The number of anilines is 2. The lowest BCUT2D eigenvalue weighted by Gasteiger charge is -2.32. The number of carbonyl (C=O) groups is 3. The maximum Gasteiger partial charge on any atom is 0.303 e. The summed E-state index contributed by atoms with van der Waals surface area (Å²) in [5, 5.41) is 15.8. The average Bonchev–Trinajstić information content (AvgIpc) is 3.25. The van der Waals surface area contributed by atoms with E-state index >= 15 is 0 Å². The Morgan fingerprint density at radius 2 is 1.62 bits per heavy atom. The number of nitrogens with zero attached hydrogens (tertiary/aromatic N) is 2.